The van der Waals surface area contributed by atoms with Crippen molar-refractivity contribution in [2.24, 2.45) is 0 Å². The lowest BCUT2D eigenvalue weighted by atomic mass is 10.2. The van der Waals surface area contributed by atoms with Crippen molar-refractivity contribution in [1.82, 2.24) is 10.2 Å². The van der Waals surface area contributed by atoms with E-state index in [1.165, 1.54) is 12.8 Å². The van der Waals surface area contributed by atoms with Gasteiger partial charge in [0.15, 0.2) is 0 Å². The van der Waals surface area contributed by atoms with E-state index >= 15 is 0 Å². The molecule has 1 aliphatic rings. The minimum atomic E-state index is 0.679. The minimum Gasteiger partial charge on any atom is -0.493 e. The van der Waals surface area contributed by atoms with Gasteiger partial charge in [-0.05, 0) is 45.5 Å². The fourth-order valence-electron chi connectivity index (χ4n) is 1.94. The molecule has 1 aliphatic carbocycles. The van der Waals surface area contributed by atoms with Crippen LogP contribution in [0, 0.1) is 0 Å². The average Bonchev–Trinajstić information content (AvgIpc) is 3.17. The highest BCUT2D eigenvalue weighted by atomic mass is 35.5. The van der Waals surface area contributed by atoms with E-state index in [0.29, 0.717) is 6.04 Å². The second-order valence-electron chi connectivity index (χ2n) is 5.38. The first kappa shape index (κ1) is 14.6. The summed E-state index contributed by atoms with van der Waals surface area (Å²) in [6, 6.07) is 6.56. The summed E-state index contributed by atoms with van der Waals surface area (Å²) in [4.78, 5) is 2.16. The van der Waals surface area contributed by atoms with Crippen LogP contribution < -0.4 is 10.1 Å². The number of hydrogen-bond donors (Lipinski definition) is 1. The molecule has 0 unspecified atom stereocenters. The van der Waals surface area contributed by atoms with Crippen LogP contribution in [0.15, 0.2) is 18.2 Å². The molecule has 1 aromatic rings. The number of hydrogen-bond acceptors (Lipinski definition) is 3. The monoisotopic (exact) mass is 282 g/mol. The van der Waals surface area contributed by atoms with Gasteiger partial charge in [-0.15, -0.1) is 0 Å². The quantitative estimate of drug-likeness (QED) is 0.742. The summed E-state index contributed by atoms with van der Waals surface area (Å²) in [5.41, 5.74) is 1.08. The third kappa shape index (κ3) is 5.01. The van der Waals surface area contributed by atoms with E-state index in [2.05, 4.69) is 24.3 Å². The highest BCUT2D eigenvalue weighted by Crippen LogP contribution is 2.28. The molecule has 0 spiro atoms. The Kier molecular flexibility index (Phi) is 5.49. The second kappa shape index (κ2) is 7.13. The number of rotatable bonds is 8. The van der Waals surface area contributed by atoms with Gasteiger partial charge in [-0.2, -0.15) is 0 Å². The lowest BCUT2D eigenvalue weighted by Gasteiger charge is -2.14. The summed E-state index contributed by atoms with van der Waals surface area (Å²) >= 11 is 6.27. The van der Waals surface area contributed by atoms with Crippen LogP contribution in [0.2, 0.25) is 5.02 Å². The maximum atomic E-state index is 6.27. The fourth-order valence-corrected chi connectivity index (χ4v) is 2.18. The number of nitrogens with zero attached hydrogens (tertiary/aromatic N) is 1. The average molecular weight is 283 g/mol. The van der Waals surface area contributed by atoms with Gasteiger partial charge in [0.1, 0.15) is 5.75 Å². The zero-order valence-electron chi connectivity index (χ0n) is 11.8. The predicted molar refractivity (Wildman–Crippen MR) is 80.0 cm³/mol. The first-order chi connectivity index (χ1) is 9.16. The van der Waals surface area contributed by atoms with Crippen LogP contribution in [0.4, 0.5) is 0 Å². The highest BCUT2D eigenvalue weighted by Gasteiger charge is 2.21. The molecule has 0 saturated heterocycles. The number of halogens is 1. The van der Waals surface area contributed by atoms with E-state index in [0.717, 1.165) is 42.5 Å². The molecule has 0 aromatic heterocycles. The minimum absolute atomic E-state index is 0.679. The van der Waals surface area contributed by atoms with Crippen molar-refractivity contribution in [3.05, 3.63) is 28.8 Å². The smallest absolute Gasteiger partial charge is 0.125 e. The summed E-state index contributed by atoms with van der Waals surface area (Å²) in [7, 11) is 4.15. The van der Waals surface area contributed by atoms with Crippen LogP contribution in [-0.4, -0.2) is 38.2 Å². The predicted octanol–water partition coefficient (Wildman–Crippen LogP) is 2.92. The van der Waals surface area contributed by atoms with E-state index in [1.807, 2.05) is 18.2 Å². The van der Waals surface area contributed by atoms with Gasteiger partial charge >= 0.3 is 0 Å². The lowest BCUT2D eigenvalue weighted by molar-refractivity contribution is 0.279. The normalized spacial score (nSPS) is 14.9. The maximum absolute atomic E-state index is 6.27. The van der Waals surface area contributed by atoms with Crippen LogP contribution >= 0.6 is 11.6 Å². The van der Waals surface area contributed by atoms with Crippen LogP contribution in [0.1, 0.15) is 24.8 Å². The largest absolute Gasteiger partial charge is 0.493 e. The Morgan fingerprint density at radius 1 is 1.37 bits per heavy atom. The summed E-state index contributed by atoms with van der Waals surface area (Å²) in [5, 5.41) is 4.28. The molecule has 1 aromatic carbocycles. The lowest BCUT2D eigenvalue weighted by Crippen LogP contribution is -2.18. The number of nitrogens with one attached hydrogen (secondary N) is 1. The topological polar surface area (TPSA) is 24.5 Å². The maximum Gasteiger partial charge on any atom is 0.125 e. The van der Waals surface area contributed by atoms with E-state index < -0.39 is 0 Å². The van der Waals surface area contributed by atoms with E-state index in [1.54, 1.807) is 0 Å². The zero-order chi connectivity index (χ0) is 13.7. The first-order valence-electron chi connectivity index (χ1n) is 6.95. The van der Waals surface area contributed by atoms with Crippen LogP contribution in [0.3, 0.4) is 0 Å². The van der Waals surface area contributed by atoms with Gasteiger partial charge in [0.05, 0.1) is 6.61 Å². The Morgan fingerprint density at radius 3 is 2.84 bits per heavy atom. The number of ether oxygens (including phenoxy) is 1. The Labute approximate surface area is 120 Å². The molecule has 3 nitrogen and oxygen atoms in total. The Balaban J connectivity index is 1.88. The van der Waals surface area contributed by atoms with Crippen LogP contribution in [0.5, 0.6) is 5.75 Å². The van der Waals surface area contributed by atoms with E-state index in [9.17, 15) is 0 Å². The molecular formula is C15H23ClN2O. The summed E-state index contributed by atoms with van der Waals surface area (Å²) < 4.78 is 5.87. The summed E-state index contributed by atoms with van der Waals surface area (Å²) in [5.74, 6) is 0.916. The van der Waals surface area contributed by atoms with Gasteiger partial charge in [0.25, 0.3) is 0 Å². The third-order valence-corrected chi connectivity index (χ3v) is 3.58. The van der Waals surface area contributed by atoms with Crippen molar-refractivity contribution in [3.8, 4) is 5.75 Å². The van der Waals surface area contributed by atoms with Gasteiger partial charge in [0.2, 0.25) is 0 Å². The van der Waals surface area contributed by atoms with E-state index in [-0.39, 0.29) is 0 Å². The van der Waals surface area contributed by atoms with Gasteiger partial charge < -0.3 is 15.0 Å². The van der Waals surface area contributed by atoms with Crippen molar-refractivity contribution in [3.63, 3.8) is 0 Å². The standard InChI is InChI=1S/C15H23ClN2O/c1-18(2)9-4-10-19-15-6-3-5-14(16)13(15)11-17-12-7-8-12/h3,5-6,12,17H,4,7-11H2,1-2H3. The van der Waals surface area contributed by atoms with Crippen molar-refractivity contribution in [2.75, 3.05) is 27.2 Å². The molecule has 1 saturated carbocycles. The second-order valence-corrected chi connectivity index (χ2v) is 5.78. The van der Waals surface area contributed by atoms with Gasteiger partial charge in [0, 0.05) is 29.7 Å². The van der Waals surface area contributed by atoms with Gasteiger partial charge in [-0.3, -0.25) is 0 Å². The van der Waals surface area contributed by atoms with E-state index in [4.69, 9.17) is 16.3 Å². The molecule has 0 heterocycles. The Bertz CT molecular complexity index is 405. The first-order valence-corrected chi connectivity index (χ1v) is 7.33. The molecular weight excluding hydrogens is 260 g/mol. The van der Waals surface area contributed by atoms with Crippen LogP contribution in [-0.2, 0) is 6.54 Å². The van der Waals surface area contributed by atoms with Crippen molar-refractivity contribution >= 4 is 11.6 Å². The molecule has 1 N–H and O–H groups in total. The Morgan fingerprint density at radius 2 is 2.16 bits per heavy atom. The molecule has 0 amide bonds. The van der Waals surface area contributed by atoms with Crippen molar-refractivity contribution in [1.29, 1.82) is 0 Å². The molecule has 2 rings (SSSR count). The summed E-state index contributed by atoms with van der Waals surface area (Å²) in [6.07, 6.45) is 3.59. The molecule has 0 aliphatic heterocycles. The highest BCUT2D eigenvalue weighted by molar-refractivity contribution is 6.31. The van der Waals surface area contributed by atoms with Gasteiger partial charge in [-0.1, -0.05) is 17.7 Å². The molecule has 0 atom stereocenters. The fraction of sp³-hybridized carbons (Fsp3) is 0.600. The summed E-state index contributed by atoms with van der Waals surface area (Å²) in [6.45, 7) is 2.57. The molecule has 0 radical (unpaired) electrons. The van der Waals surface area contributed by atoms with Crippen molar-refractivity contribution in [2.45, 2.75) is 31.8 Å². The van der Waals surface area contributed by atoms with Crippen LogP contribution in [0.25, 0.3) is 0 Å². The SMILES string of the molecule is CN(C)CCCOc1cccc(Cl)c1CNC1CC1. The third-order valence-electron chi connectivity index (χ3n) is 3.23. The number of benzene rings is 1. The zero-order valence-corrected chi connectivity index (χ0v) is 12.5. The molecule has 106 valence electrons. The molecule has 19 heavy (non-hydrogen) atoms. The Hall–Kier alpha value is -0.770. The molecule has 0 bridgehead atoms. The van der Waals surface area contributed by atoms with Crippen molar-refractivity contribution < 1.29 is 4.74 Å². The molecule has 1 fully saturated rings. The molecule has 4 heteroatoms. The van der Waals surface area contributed by atoms with Gasteiger partial charge in [-0.25, -0.2) is 0 Å².